The van der Waals surface area contributed by atoms with Gasteiger partial charge < -0.3 is 4.74 Å². The molecule has 0 atom stereocenters. The fourth-order valence-electron chi connectivity index (χ4n) is 7.08. The second-order valence-electron chi connectivity index (χ2n) is 12.5. The molecule has 2 aliphatic carbocycles. The van der Waals surface area contributed by atoms with Crippen molar-refractivity contribution in [3.8, 4) is 22.9 Å². The largest absolute Gasteiger partial charge is 0.432 e. The Bertz CT molecular complexity index is 1400. The lowest BCUT2D eigenvalue weighted by molar-refractivity contribution is -0.222. The van der Waals surface area contributed by atoms with Crippen molar-refractivity contribution in [2.45, 2.75) is 102 Å². The monoisotopic (exact) mass is 591 g/mol. The molecule has 2 fully saturated rings. The van der Waals surface area contributed by atoms with Crippen LogP contribution in [0.2, 0.25) is 0 Å². The molecule has 0 saturated heterocycles. The van der Waals surface area contributed by atoms with E-state index in [2.05, 4.69) is 31.2 Å². The minimum atomic E-state index is -3.49. The number of hydrogen-bond donors (Lipinski definition) is 0. The van der Waals surface area contributed by atoms with Gasteiger partial charge in [0.15, 0.2) is 0 Å². The van der Waals surface area contributed by atoms with E-state index in [1.807, 2.05) is 6.07 Å². The van der Waals surface area contributed by atoms with Gasteiger partial charge in [-0.15, -0.1) is 0 Å². The van der Waals surface area contributed by atoms with Crippen molar-refractivity contribution in [3.05, 3.63) is 89.0 Å². The summed E-state index contributed by atoms with van der Waals surface area (Å²) in [6, 6.07) is 18.6. The van der Waals surface area contributed by atoms with Gasteiger partial charge >= 0.3 is 6.11 Å². The molecule has 0 bridgehead atoms. The first-order valence-electron chi connectivity index (χ1n) is 15.9. The van der Waals surface area contributed by atoms with E-state index in [0.717, 1.165) is 29.2 Å². The molecule has 0 radical (unpaired) electrons. The molecule has 0 heterocycles. The summed E-state index contributed by atoms with van der Waals surface area (Å²) in [6.45, 7) is 2.26. The smallest absolute Gasteiger partial charge is 0.400 e. The van der Waals surface area contributed by atoms with Gasteiger partial charge in [0.2, 0.25) is 0 Å². The van der Waals surface area contributed by atoms with Crippen LogP contribution >= 0.6 is 0 Å². The quantitative estimate of drug-likeness (QED) is 0.174. The maximum Gasteiger partial charge on any atom is 0.400 e. The van der Waals surface area contributed by atoms with Crippen LogP contribution in [0.1, 0.15) is 112 Å². The van der Waals surface area contributed by atoms with Crippen LogP contribution in [-0.4, -0.2) is 6.11 Å². The molecule has 3 aromatic carbocycles. The molecule has 0 aromatic heterocycles. The maximum atomic E-state index is 15.3. The highest BCUT2D eigenvalue weighted by Crippen LogP contribution is 2.44. The molecular formula is C37H41F4NO. The van der Waals surface area contributed by atoms with Crippen molar-refractivity contribution in [3.63, 3.8) is 0 Å². The Hall–Kier alpha value is -3.33. The zero-order chi connectivity index (χ0) is 30.4. The first kappa shape index (κ1) is 31.1. The summed E-state index contributed by atoms with van der Waals surface area (Å²) in [4.78, 5) is 0. The number of rotatable bonds is 10. The van der Waals surface area contributed by atoms with E-state index in [1.165, 1.54) is 63.0 Å². The van der Waals surface area contributed by atoms with Crippen LogP contribution in [-0.2, 0) is 0 Å². The molecule has 0 N–H and O–H groups in total. The van der Waals surface area contributed by atoms with Gasteiger partial charge in [-0.05, 0) is 110 Å². The SMILES string of the molecule is CCCCCC1CCC(c2ccc(-c3ccc(C4CCC(C(F)(F)Oc5ccc(C#N)c(F)c5)CC4)c(F)c3)cc2)CC1. The molecule has 43 heavy (non-hydrogen) atoms. The van der Waals surface area contributed by atoms with Gasteiger partial charge in [0.25, 0.3) is 0 Å². The van der Waals surface area contributed by atoms with Crippen molar-refractivity contribution >= 4 is 0 Å². The molecular weight excluding hydrogens is 550 g/mol. The molecule has 6 heteroatoms. The first-order chi connectivity index (χ1) is 20.8. The van der Waals surface area contributed by atoms with Gasteiger partial charge in [-0.1, -0.05) is 69.0 Å². The lowest BCUT2D eigenvalue weighted by atomic mass is 9.77. The molecule has 0 spiro atoms. The van der Waals surface area contributed by atoms with E-state index in [0.29, 0.717) is 24.3 Å². The number of unbranched alkanes of at least 4 members (excludes halogenated alkanes) is 2. The highest BCUT2D eigenvalue weighted by molar-refractivity contribution is 5.64. The summed E-state index contributed by atoms with van der Waals surface area (Å²) in [6.07, 6.45) is 8.12. The van der Waals surface area contributed by atoms with Crippen molar-refractivity contribution < 1.29 is 22.3 Å². The summed E-state index contributed by atoms with van der Waals surface area (Å²) in [5.41, 5.74) is 3.49. The highest BCUT2D eigenvalue weighted by Gasteiger charge is 2.44. The standard InChI is InChI=1S/C37H41F4NO/c1-2-3-4-5-25-6-8-26(9-7-25)27-10-12-28(13-11-27)30-17-21-34(36(39)22-30)29-14-18-32(19-15-29)37(40,41)43-33-20-16-31(24-42)35(38)23-33/h10-13,16-17,20-23,25-26,29,32H,2-9,14-15,18-19H2,1H3. The lowest BCUT2D eigenvalue weighted by Gasteiger charge is -2.33. The zero-order valence-corrected chi connectivity index (χ0v) is 24.9. The second kappa shape index (κ2) is 14.0. The third-order valence-corrected chi connectivity index (χ3v) is 9.74. The number of nitrogens with zero attached hydrogens (tertiary/aromatic N) is 1. The van der Waals surface area contributed by atoms with Gasteiger partial charge in [-0.3, -0.25) is 0 Å². The van der Waals surface area contributed by atoms with Crippen LogP contribution in [0.4, 0.5) is 17.6 Å². The molecule has 2 saturated carbocycles. The maximum absolute atomic E-state index is 15.3. The fourth-order valence-corrected chi connectivity index (χ4v) is 7.08. The molecule has 2 nitrogen and oxygen atoms in total. The number of hydrogen-bond acceptors (Lipinski definition) is 2. The Morgan fingerprint density at radius 1 is 0.767 bits per heavy atom. The van der Waals surface area contributed by atoms with Gasteiger partial charge in [0, 0.05) is 6.07 Å². The molecule has 0 unspecified atom stereocenters. The van der Waals surface area contributed by atoms with Crippen LogP contribution in [0, 0.1) is 34.8 Å². The third kappa shape index (κ3) is 7.61. The Balaban J connectivity index is 1.15. The summed E-state index contributed by atoms with van der Waals surface area (Å²) >= 11 is 0. The minimum absolute atomic E-state index is 0.145. The number of alkyl halides is 2. The summed E-state index contributed by atoms with van der Waals surface area (Å²) in [5, 5.41) is 8.84. The Morgan fingerprint density at radius 3 is 2.07 bits per heavy atom. The predicted octanol–water partition coefficient (Wildman–Crippen LogP) is 11.3. The lowest BCUT2D eigenvalue weighted by Crippen LogP contribution is -2.37. The molecule has 0 amide bonds. The average Bonchev–Trinajstić information content (AvgIpc) is 3.02. The van der Waals surface area contributed by atoms with E-state index in [-0.39, 0.29) is 35.9 Å². The van der Waals surface area contributed by atoms with Crippen molar-refractivity contribution in [1.29, 1.82) is 5.26 Å². The zero-order valence-electron chi connectivity index (χ0n) is 24.9. The topological polar surface area (TPSA) is 33.0 Å². The van der Waals surface area contributed by atoms with Gasteiger partial charge in [-0.2, -0.15) is 14.0 Å². The van der Waals surface area contributed by atoms with Gasteiger partial charge in [0.05, 0.1) is 11.5 Å². The van der Waals surface area contributed by atoms with Crippen LogP contribution in [0.15, 0.2) is 60.7 Å². The average molecular weight is 592 g/mol. The Labute approximate surface area is 253 Å². The summed E-state index contributed by atoms with van der Waals surface area (Å²) < 4.78 is 63.8. The van der Waals surface area contributed by atoms with Crippen LogP contribution in [0.3, 0.4) is 0 Å². The van der Waals surface area contributed by atoms with E-state index >= 15 is 4.39 Å². The normalized spacial score (nSPS) is 22.6. The summed E-state index contributed by atoms with van der Waals surface area (Å²) in [7, 11) is 0. The molecule has 3 aromatic rings. The van der Waals surface area contributed by atoms with Crippen LogP contribution in [0.25, 0.3) is 11.1 Å². The highest BCUT2D eigenvalue weighted by atomic mass is 19.3. The number of nitriles is 1. The fraction of sp³-hybridized carbons (Fsp3) is 0.486. The molecule has 5 rings (SSSR count). The molecule has 0 aliphatic heterocycles. The summed E-state index contributed by atoms with van der Waals surface area (Å²) in [5.74, 6) is -1.24. The number of ether oxygens (including phenoxy) is 1. The van der Waals surface area contributed by atoms with Crippen molar-refractivity contribution in [1.82, 2.24) is 0 Å². The van der Waals surface area contributed by atoms with Gasteiger partial charge in [-0.25, -0.2) is 8.78 Å². The number of benzene rings is 3. The van der Waals surface area contributed by atoms with E-state index in [9.17, 15) is 13.2 Å². The van der Waals surface area contributed by atoms with Crippen molar-refractivity contribution in [2.75, 3.05) is 0 Å². The Morgan fingerprint density at radius 2 is 1.44 bits per heavy atom. The predicted molar refractivity (Wildman–Crippen MR) is 162 cm³/mol. The van der Waals surface area contributed by atoms with Crippen LogP contribution in [0.5, 0.6) is 5.75 Å². The molecule has 228 valence electrons. The second-order valence-corrected chi connectivity index (χ2v) is 12.5. The van der Waals surface area contributed by atoms with Crippen LogP contribution < -0.4 is 4.74 Å². The number of halogens is 4. The third-order valence-electron chi connectivity index (χ3n) is 9.74. The minimum Gasteiger partial charge on any atom is -0.432 e. The van der Waals surface area contributed by atoms with E-state index < -0.39 is 17.8 Å². The molecule has 2 aliphatic rings. The Kier molecular flexibility index (Phi) is 10.1. The van der Waals surface area contributed by atoms with E-state index in [1.54, 1.807) is 18.2 Å². The van der Waals surface area contributed by atoms with Crippen molar-refractivity contribution in [2.24, 2.45) is 11.8 Å². The van der Waals surface area contributed by atoms with Gasteiger partial charge in [0.1, 0.15) is 23.5 Å². The first-order valence-corrected chi connectivity index (χ1v) is 15.9. The van der Waals surface area contributed by atoms with E-state index in [4.69, 9.17) is 10.00 Å².